The van der Waals surface area contributed by atoms with Gasteiger partial charge in [-0.05, 0) is 49.2 Å². The molecule has 3 amide bonds. The van der Waals surface area contributed by atoms with E-state index in [9.17, 15) is 14.0 Å². The second kappa shape index (κ2) is 9.85. The zero-order valence-corrected chi connectivity index (χ0v) is 18.9. The molecular weight excluding hydrogens is 421 g/mol. The molecule has 1 saturated heterocycles. The molecule has 2 aromatic carbocycles. The number of aromatic nitrogens is 2. The first-order chi connectivity index (χ1) is 15.9. The molecule has 2 heterocycles. The van der Waals surface area contributed by atoms with E-state index in [2.05, 4.69) is 5.32 Å². The van der Waals surface area contributed by atoms with Crippen LogP contribution in [0.3, 0.4) is 0 Å². The van der Waals surface area contributed by atoms with Crippen molar-refractivity contribution in [3.8, 4) is 16.9 Å². The third kappa shape index (κ3) is 5.22. The van der Waals surface area contributed by atoms with Crippen molar-refractivity contribution in [2.45, 2.75) is 19.4 Å². The maximum Gasteiger partial charge on any atom is 0.319 e. The number of para-hydroxylation sites is 1. The van der Waals surface area contributed by atoms with Crippen LogP contribution in [0.4, 0.5) is 9.18 Å². The molecule has 0 unspecified atom stereocenters. The molecule has 0 saturated carbocycles. The number of halogens is 1. The normalized spacial score (nSPS) is 14.2. The van der Waals surface area contributed by atoms with E-state index in [1.54, 1.807) is 40.7 Å². The average molecular weight is 450 g/mol. The molecule has 1 N–H and O–H groups in total. The van der Waals surface area contributed by atoms with Crippen LogP contribution in [0.15, 0.2) is 60.8 Å². The Morgan fingerprint density at radius 1 is 1.06 bits per heavy atom. The number of hydrogen-bond acceptors (Lipinski definition) is 3. The van der Waals surface area contributed by atoms with Crippen LogP contribution >= 0.6 is 0 Å². The maximum absolute atomic E-state index is 13.4. The highest BCUT2D eigenvalue weighted by molar-refractivity contribution is 5.80. The first-order valence-electron chi connectivity index (χ1n) is 11.1. The molecule has 0 bridgehead atoms. The fraction of sp³-hybridized carbons (Fsp3) is 0.320. The van der Waals surface area contributed by atoms with Crippen molar-refractivity contribution in [1.29, 1.82) is 0 Å². The molecule has 0 spiro atoms. The Morgan fingerprint density at radius 2 is 1.73 bits per heavy atom. The van der Waals surface area contributed by atoms with Crippen molar-refractivity contribution < 1.29 is 14.0 Å². The highest BCUT2D eigenvalue weighted by atomic mass is 19.1. The van der Waals surface area contributed by atoms with Gasteiger partial charge in [0.05, 0.1) is 11.4 Å². The predicted octanol–water partition coefficient (Wildman–Crippen LogP) is 3.69. The molecule has 0 radical (unpaired) electrons. The van der Waals surface area contributed by atoms with Gasteiger partial charge in [0.15, 0.2) is 0 Å². The molecular formula is C25H28FN5O2. The molecule has 8 heteroatoms. The number of carbonyl (C=O) groups is 2. The Morgan fingerprint density at radius 3 is 2.36 bits per heavy atom. The number of piperidine rings is 1. The fourth-order valence-corrected chi connectivity index (χ4v) is 4.05. The van der Waals surface area contributed by atoms with Crippen molar-refractivity contribution in [3.63, 3.8) is 0 Å². The summed E-state index contributed by atoms with van der Waals surface area (Å²) in [5.41, 5.74) is 3.23. The van der Waals surface area contributed by atoms with Crippen molar-refractivity contribution in [1.82, 2.24) is 24.9 Å². The highest BCUT2D eigenvalue weighted by Gasteiger charge is 2.28. The van der Waals surface area contributed by atoms with E-state index in [0.717, 1.165) is 16.8 Å². The van der Waals surface area contributed by atoms with Gasteiger partial charge in [-0.2, -0.15) is 5.10 Å². The SMILES string of the molecule is CN(C)C(=O)N1CCC(C(=O)NCc2cn(-c3ccccc3)nc2-c2ccc(F)cc2)CC1. The molecule has 33 heavy (non-hydrogen) atoms. The van der Waals surface area contributed by atoms with Crippen molar-refractivity contribution in [2.75, 3.05) is 27.2 Å². The molecule has 1 aromatic heterocycles. The van der Waals surface area contributed by atoms with Crippen LogP contribution in [0.25, 0.3) is 16.9 Å². The summed E-state index contributed by atoms with van der Waals surface area (Å²) in [6, 6.07) is 15.9. The third-order valence-corrected chi connectivity index (χ3v) is 5.90. The topological polar surface area (TPSA) is 70.5 Å². The average Bonchev–Trinajstić information content (AvgIpc) is 3.27. The number of amides is 3. The summed E-state index contributed by atoms with van der Waals surface area (Å²) >= 11 is 0. The van der Waals surface area contributed by atoms with Gasteiger partial charge in [-0.3, -0.25) is 4.79 Å². The summed E-state index contributed by atoms with van der Waals surface area (Å²) in [6.07, 6.45) is 3.17. The maximum atomic E-state index is 13.4. The molecule has 4 rings (SSSR count). The van der Waals surface area contributed by atoms with Crippen molar-refractivity contribution in [2.24, 2.45) is 5.92 Å². The Kier molecular flexibility index (Phi) is 6.72. The minimum Gasteiger partial charge on any atom is -0.352 e. The molecule has 0 aliphatic carbocycles. The van der Waals surface area contributed by atoms with Crippen LogP contribution < -0.4 is 5.32 Å². The van der Waals surface area contributed by atoms with E-state index in [1.165, 1.54) is 12.1 Å². The van der Waals surface area contributed by atoms with Crippen LogP contribution in [0.5, 0.6) is 0 Å². The lowest BCUT2D eigenvalue weighted by Crippen LogP contribution is -2.46. The monoisotopic (exact) mass is 449 g/mol. The van der Waals surface area contributed by atoms with Gasteiger partial charge in [-0.15, -0.1) is 0 Å². The van der Waals surface area contributed by atoms with Gasteiger partial charge in [0.25, 0.3) is 0 Å². The molecule has 172 valence electrons. The van der Waals surface area contributed by atoms with Crippen LogP contribution in [0, 0.1) is 11.7 Å². The fourth-order valence-electron chi connectivity index (χ4n) is 4.05. The number of rotatable bonds is 5. The molecule has 3 aromatic rings. The van der Waals surface area contributed by atoms with E-state index in [0.29, 0.717) is 38.2 Å². The van der Waals surface area contributed by atoms with Crippen LogP contribution in [0.2, 0.25) is 0 Å². The second-order valence-corrected chi connectivity index (χ2v) is 8.45. The van der Waals surface area contributed by atoms with Gasteiger partial charge >= 0.3 is 6.03 Å². The molecule has 0 atom stereocenters. The Balaban J connectivity index is 1.47. The van der Waals surface area contributed by atoms with Crippen molar-refractivity contribution in [3.05, 3.63) is 72.2 Å². The van der Waals surface area contributed by atoms with Crippen LogP contribution in [-0.2, 0) is 11.3 Å². The summed E-state index contributed by atoms with van der Waals surface area (Å²) < 4.78 is 15.2. The lowest BCUT2D eigenvalue weighted by molar-refractivity contribution is -0.126. The predicted molar refractivity (Wildman–Crippen MR) is 124 cm³/mol. The van der Waals surface area contributed by atoms with Gasteiger partial charge in [0.1, 0.15) is 5.82 Å². The third-order valence-electron chi connectivity index (χ3n) is 5.90. The zero-order valence-electron chi connectivity index (χ0n) is 18.9. The zero-order chi connectivity index (χ0) is 23.4. The number of hydrogen-bond donors (Lipinski definition) is 1. The van der Waals surface area contributed by atoms with E-state index < -0.39 is 0 Å². The molecule has 1 aliphatic heterocycles. The Labute approximate surface area is 192 Å². The number of urea groups is 1. The number of likely N-dealkylation sites (tertiary alicyclic amines) is 1. The largest absolute Gasteiger partial charge is 0.352 e. The van der Waals surface area contributed by atoms with Crippen LogP contribution in [0.1, 0.15) is 18.4 Å². The minimum absolute atomic E-state index is 0.0221. The summed E-state index contributed by atoms with van der Waals surface area (Å²) in [5, 5.41) is 7.75. The molecule has 1 fully saturated rings. The number of benzene rings is 2. The van der Waals surface area contributed by atoms with E-state index in [-0.39, 0.29) is 23.7 Å². The summed E-state index contributed by atoms with van der Waals surface area (Å²) in [5.74, 6) is -0.464. The van der Waals surface area contributed by atoms with Crippen LogP contribution in [-0.4, -0.2) is 58.7 Å². The number of carbonyl (C=O) groups excluding carboxylic acids is 2. The Hall–Kier alpha value is -3.68. The lowest BCUT2D eigenvalue weighted by Gasteiger charge is -2.33. The van der Waals surface area contributed by atoms with Gasteiger partial charge in [-0.25, -0.2) is 13.9 Å². The molecule has 1 aliphatic rings. The van der Waals surface area contributed by atoms with E-state index in [4.69, 9.17) is 5.10 Å². The number of nitrogens with zero attached hydrogens (tertiary/aromatic N) is 4. The smallest absolute Gasteiger partial charge is 0.319 e. The molecule has 7 nitrogen and oxygen atoms in total. The van der Waals surface area contributed by atoms with Gasteiger partial charge < -0.3 is 15.1 Å². The standard InChI is InChI=1S/C25H28FN5O2/c1-29(2)25(33)30-14-12-19(13-15-30)24(32)27-16-20-17-31(22-6-4-3-5-7-22)28-23(20)18-8-10-21(26)11-9-18/h3-11,17,19H,12-16H2,1-2H3,(H,27,32). The lowest BCUT2D eigenvalue weighted by atomic mass is 9.96. The quantitative estimate of drug-likeness (QED) is 0.646. The summed E-state index contributed by atoms with van der Waals surface area (Å²) in [7, 11) is 3.46. The van der Waals surface area contributed by atoms with Gasteiger partial charge in [0.2, 0.25) is 5.91 Å². The number of nitrogens with one attached hydrogen (secondary N) is 1. The first-order valence-corrected chi connectivity index (χ1v) is 11.1. The minimum atomic E-state index is -0.310. The van der Waals surface area contributed by atoms with E-state index in [1.807, 2.05) is 36.5 Å². The van der Waals surface area contributed by atoms with E-state index >= 15 is 0 Å². The van der Waals surface area contributed by atoms with Gasteiger partial charge in [0, 0.05) is 57.0 Å². The first kappa shape index (κ1) is 22.5. The highest BCUT2D eigenvalue weighted by Crippen LogP contribution is 2.25. The summed E-state index contributed by atoms with van der Waals surface area (Å²) in [4.78, 5) is 28.3. The Bertz CT molecular complexity index is 1100. The van der Waals surface area contributed by atoms with Crippen molar-refractivity contribution >= 4 is 11.9 Å². The van der Waals surface area contributed by atoms with Gasteiger partial charge in [-0.1, -0.05) is 18.2 Å². The second-order valence-electron chi connectivity index (χ2n) is 8.45. The summed E-state index contributed by atoms with van der Waals surface area (Å²) in [6.45, 7) is 1.46.